The van der Waals surface area contributed by atoms with Gasteiger partial charge >= 0.3 is 306 Å². The molecule has 1 heterocycles. The zero-order chi connectivity index (χ0) is 41.9. The molecule has 0 aromatic carbocycles. The predicted molar refractivity (Wildman–Crippen MR) is 236 cm³/mol. The van der Waals surface area contributed by atoms with E-state index < -0.39 is 67.2 Å². The van der Waals surface area contributed by atoms with Crippen molar-refractivity contribution in [3.8, 4) is 0 Å². The summed E-state index contributed by atoms with van der Waals surface area (Å²) in [4.78, 5) is 48.9. The van der Waals surface area contributed by atoms with Crippen molar-refractivity contribution in [2.45, 2.75) is 262 Å². The van der Waals surface area contributed by atoms with Gasteiger partial charge in [-0.2, -0.15) is 0 Å². The second-order valence-corrected chi connectivity index (χ2v) is 24.9. The Morgan fingerprint density at radius 3 is 1.09 bits per heavy atom. The van der Waals surface area contributed by atoms with E-state index in [2.05, 4.69) is 13.8 Å². The molecule has 1 saturated heterocycles. The molecule has 334 valence electrons. The Labute approximate surface area is 356 Å². The third-order valence-electron chi connectivity index (χ3n) is 10.7. The number of hydrogen-bond acceptors (Lipinski definition) is 10. The average Bonchev–Trinajstić information content (AvgIpc) is 3.15. The number of unbranched alkanes of at least 4 members (excludes halogenated alkanes) is 26. The van der Waals surface area contributed by atoms with Crippen LogP contribution < -0.4 is 0 Å². The molecule has 0 aliphatic carbocycles. The molecule has 0 N–H and O–H groups in total. The van der Waals surface area contributed by atoms with Crippen molar-refractivity contribution in [3.63, 3.8) is 0 Å². The molecule has 0 aromatic rings. The van der Waals surface area contributed by atoms with Gasteiger partial charge in [-0.25, -0.2) is 0 Å². The van der Waals surface area contributed by atoms with E-state index in [9.17, 15) is 19.2 Å². The summed E-state index contributed by atoms with van der Waals surface area (Å²) < 4.78 is 29.0. The van der Waals surface area contributed by atoms with E-state index in [0.29, 0.717) is 0 Å². The number of hydrogen-bond donors (Lipinski definition) is 0. The molecule has 0 amide bonds. The normalized spacial score (nSPS) is 19.4. The summed E-state index contributed by atoms with van der Waals surface area (Å²) in [5.74, 6) is -2.24. The van der Waals surface area contributed by atoms with Crippen molar-refractivity contribution in [1.29, 1.82) is 0 Å². The third-order valence-corrected chi connectivity index (χ3v) is 20.1. The van der Waals surface area contributed by atoms with Crippen LogP contribution in [-0.2, 0) is 42.9 Å². The van der Waals surface area contributed by atoms with Gasteiger partial charge in [0.2, 0.25) is 0 Å². The first-order valence-corrected chi connectivity index (χ1v) is 29.1. The predicted octanol–water partition coefficient (Wildman–Crippen LogP) is 12.8. The molecule has 1 aliphatic heterocycles. The van der Waals surface area contributed by atoms with Crippen molar-refractivity contribution in [3.05, 3.63) is 0 Å². The molecule has 1 fully saturated rings. The number of ether oxygens (including phenoxy) is 5. The Morgan fingerprint density at radius 1 is 0.439 bits per heavy atom. The Balaban J connectivity index is 2.82. The second kappa shape index (κ2) is 36.6. The van der Waals surface area contributed by atoms with Crippen LogP contribution in [0.1, 0.15) is 221 Å². The molecule has 0 aromatic heterocycles. The number of esters is 4. The van der Waals surface area contributed by atoms with Gasteiger partial charge in [0.05, 0.1) is 0 Å². The van der Waals surface area contributed by atoms with Crippen LogP contribution in [0.25, 0.3) is 0 Å². The number of carbonyl (C=O) groups excluding carboxylic acids is 4. The molecule has 0 bridgehead atoms. The average molecular weight is 889 g/mol. The summed E-state index contributed by atoms with van der Waals surface area (Å²) in [6, 6.07) is 0. The van der Waals surface area contributed by atoms with E-state index in [-0.39, 0.29) is 6.61 Å². The van der Waals surface area contributed by atoms with E-state index in [1.807, 2.05) is 0 Å². The third kappa shape index (κ3) is 29.6. The molecule has 0 spiro atoms. The Bertz CT molecular complexity index is 998. The topological polar surface area (TPSA) is 114 Å². The van der Waals surface area contributed by atoms with Crippen LogP contribution >= 0.6 is 10.0 Å². The summed E-state index contributed by atoms with van der Waals surface area (Å²) in [5, 5.41) is 2.28. The van der Waals surface area contributed by atoms with E-state index >= 15 is 0 Å². The fourth-order valence-electron chi connectivity index (χ4n) is 7.60. The SMILES string of the molecule is CCCCCCCCCCCCCCCC[As](CCCCCCCCCCCCCCCC)SC1OC(COC(C)=O)C(OC(C)=O)C(OC(C)=O)C1OC(C)=O. The summed E-state index contributed by atoms with van der Waals surface area (Å²) in [6.45, 7) is 9.51. The van der Waals surface area contributed by atoms with Crippen LogP contribution in [0, 0.1) is 0 Å². The fourth-order valence-corrected chi connectivity index (χ4v) is 17.1. The quantitative estimate of drug-likeness (QED) is 0.0258. The zero-order valence-electron chi connectivity index (χ0n) is 37.3. The molecule has 9 nitrogen and oxygen atoms in total. The van der Waals surface area contributed by atoms with Crippen molar-refractivity contribution in [2.75, 3.05) is 6.61 Å². The second-order valence-electron chi connectivity index (χ2n) is 16.3. The van der Waals surface area contributed by atoms with E-state index in [0.717, 1.165) is 23.3 Å². The Kier molecular flexibility index (Phi) is 34.5. The van der Waals surface area contributed by atoms with Crippen LogP contribution in [0.2, 0.25) is 10.4 Å². The minimum absolute atomic E-state index is 0.181. The maximum atomic E-state index is 12.4. The van der Waals surface area contributed by atoms with Crippen LogP contribution in [0.4, 0.5) is 0 Å². The molecule has 1 rings (SSSR count). The van der Waals surface area contributed by atoms with Gasteiger partial charge in [0.25, 0.3) is 0 Å². The summed E-state index contributed by atoms with van der Waals surface area (Å²) in [6.07, 6.45) is 33.0. The molecule has 57 heavy (non-hydrogen) atoms. The maximum absolute atomic E-state index is 12.4. The molecule has 1 aliphatic rings. The van der Waals surface area contributed by atoms with Crippen LogP contribution in [0.3, 0.4) is 0 Å². The molecule has 11 heteroatoms. The van der Waals surface area contributed by atoms with Crippen LogP contribution in [0.15, 0.2) is 0 Å². The molecule has 0 radical (unpaired) electrons. The molecular weight excluding hydrogens is 803 g/mol. The van der Waals surface area contributed by atoms with Gasteiger partial charge in [-0.3, -0.25) is 0 Å². The number of rotatable bonds is 37. The summed E-state index contributed by atoms with van der Waals surface area (Å²) in [7, 11) is 1.75. The molecule has 0 saturated carbocycles. The Hall–Kier alpha value is -1.25. The van der Waals surface area contributed by atoms with Gasteiger partial charge in [0.15, 0.2) is 0 Å². The molecule has 5 atom stereocenters. The van der Waals surface area contributed by atoms with Gasteiger partial charge in [-0.1, -0.05) is 52.4 Å². The fraction of sp³-hybridized carbons (Fsp3) is 0.913. The van der Waals surface area contributed by atoms with Gasteiger partial charge in [0, 0.05) is 0 Å². The Morgan fingerprint density at radius 2 is 0.754 bits per heavy atom. The van der Waals surface area contributed by atoms with Crippen molar-refractivity contribution in [1.82, 2.24) is 0 Å². The van der Waals surface area contributed by atoms with E-state index in [1.165, 1.54) is 195 Å². The monoisotopic (exact) mass is 889 g/mol. The summed E-state index contributed by atoms with van der Waals surface area (Å²) >= 11 is -1.59. The summed E-state index contributed by atoms with van der Waals surface area (Å²) in [5.41, 5.74) is -0.649. The first-order valence-electron chi connectivity index (χ1n) is 23.3. The van der Waals surface area contributed by atoms with Crippen molar-refractivity contribution >= 4 is 47.4 Å². The van der Waals surface area contributed by atoms with Crippen molar-refractivity contribution < 1.29 is 42.9 Å². The van der Waals surface area contributed by atoms with Crippen LogP contribution in [0.5, 0.6) is 0 Å². The molecular formula is C46H85AsO9S. The van der Waals surface area contributed by atoms with E-state index in [4.69, 9.17) is 23.7 Å². The van der Waals surface area contributed by atoms with E-state index in [1.54, 1.807) is 10.0 Å². The first kappa shape index (κ1) is 53.8. The van der Waals surface area contributed by atoms with Gasteiger partial charge in [0.1, 0.15) is 0 Å². The molecule has 5 unspecified atom stereocenters. The minimum atomic E-state index is -1.59. The standard InChI is InChI=1S/C46H85AsO9S/c1-7-9-11-13-15-17-19-21-23-25-27-29-31-33-35-47(36-34-32-30-28-26-24-22-20-18-16-14-12-10-8-2)57-46-45(55-41(6)51)44(54-40(5)50)43(53-39(4)49)42(56-46)37-52-38(3)48/h42-46H,7-37H2,1-6H3. The van der Waals surface area contributed by atoms with Crippen LogP contribution in [-0.4, -0.2) is 73.8 Å². The van der Waals surface area contributed by atoms with Gasteiger partial charge in [-0.15, -0.1) is 0 Å². The zero-order valence-corrected chi connectivity index (χ0v) is 40.0. The first-order chi connectivity index (χ1) is 27.6. The van der Waals surface area contributed by atoms with Crippen molar-refractivity contribution in [2.24, 2.45) is 0 Å². The number of carbonyl (C=O) groups is 4. The van der Waals surface area contributed by atoms with Gasteiger partial charge in [-0.05, 0) is 0 Å². The van der Waals surface area contributed by atoms with Gasteiger partial charge < -0.3 is 0 Å².